The largest absolute Gasteiger partial charge is 0.353 e. The third-order valence-electron chi connectivity index (χ3n) is 2.89. The number of hydrogen-bond acceptors (Lipinski definition) is 3. The first-order valence-corrected chi connectivity index (χ1v) is 5.96. The second-order valence-electron chi connectivity index (χ2n) is 4.20. The lowest BCUT2D eigenvalue weighted by molar-refractivity contribution is 0.909. The molecule has 0 radical (unpaired) electrons. The highest BCUT2D eigenvalue weighted by Gasteiger charge is 2.05. The molecule has 0 fully saturated rings. The van der Waals surface area contributed by atoms with E-state index in [0.717, 1.165) is 29.0 Å². The third kappa shape index (κ3) is 1.98. The molecule has 0 spiro atoms. The summed E-state index contributed by atoms with van der Waals surface area (Å²) in [4.78, 5) is 12.1. The van der Waals surface area contributed by atoms with E-state index in [0.29, 0.717) is 6.54 Å². The molecule has 2 aromatic heterocycles. The number of H-pyrrole nitrogens is 1. The van der Waals surface area contributed by atoms with Crippen molar-refractivity contribution in [3.05, 3.63) is 48.4 Å². The number of nitrogens with one attached hydrogen (secondary N) is 1. The van der Waals surface area contributed by atoms with Crippen LogP contribution in [0.5, 0.6) is 0 Å². The number of nitrogens with two attached hydrogens (primary N) is 1. The van der Waals surface area contributed by atoms with E-state index in [-0.39, 0.29) is 0 Å². The van der Waals surface area contributed by atoms with Gasteiger partial charge in [-0.25, -0.2) is 4.98 Å². The number of aromatic amines is 1. The molecule has 0 aliphatic heterocycles. The molecule has 2 heterocycles. The van der Waals surface area contributed by atoms with Crippen molar-refractivity contribution in [2.45, 2.75) is 6.42 Å². The van der Waals surface area contributed by atoms with Crippen LogP contribution in [-0.4, -0.2) is 21.5 Å². The number of aromatic nitrogens is 3. The van der Waals surface area contributed by atoms with Crippen molar-refractivity contribution in [2.75, 3.05) is 6.54 Å². The van der Waals surface area contributed by atoms with E-state index < -0.39 is 0 Å². The topological polar surface area (TPSA) is 67.6 Å². The van der Waals surface area contributed by atoms with E-state index in [2.05, 4.69) is 33.2 Å². The second-order valence-corrected chi connectivity index (χ2v) is 4.20. The molecule has 3 N–H and O–H groups in total. The maximum Gasteiger partial charge on any atom is 0.105 e. The SMILES string of the molecule is NCCc1cncc(-c2cc3ccccc3[nH]2)n1. The molecule has 0 bridgehead atoms. The van der Waals surface area contributed by atoms with Crippen LogP contribution in [0.3, 0.4) is 0 Å². The summed E-state index contributed by atoms with van der Waals surface area (Å²) >= 11 is 0. The lowest BCUT2D eigenvalue weighted by Gasteiger charge is -2.00. The summed E-state index contributed by atoms with van der Waals surface area (Å²) in [6.45, 7) is 0.588. The van der Waals surface area contributed by atoms with Crippen molar-refractivity contribution >= 4 is 10.9 Å². The Bertz CT molecular complexity index is 639. The van der Waals surface area contributed by atoms with Crippen LogP contribution >= 0.6 is 0 Å². The molecule has 1 aromatic carbocycles. The van der Waals surface area contributed by atoms with Crippen LogP contribution in [0.1, 0.15) is 5.69 Å². The van der Waals surface area contributed by atoms with Crippen molar-refractivity contribution in [1.29, 1.82) is 0 Å². The number of para-hydroxylation sites is 1. The van der Waals surface area contributed by atoms with Crippen molar-refractivity contribution in [3.8, 4) is 11.4 Å². The molecule has 0 atom stereocenters. The normalized spacial score (nSPS) is 10.9. The van der Waals surface area contributed by atoms with Crippen molar-refractivity contribution in [1.82, 2.24) is 15.0 Å². The Hall–Kier alpha value is -2.20. The average Bonchev–Trinajstić information content (AvgIpc) is 2.83. The quantitative estimate of drug-likeness (QED) is 0.734. The van der Waals surface area contributed by atoms with Gasteiger partial charge in [0.2, 0.25) is 0 Å². The summed E-state index contributed by atoms with van der Waals surface area (Å²) in [5.41, 5.74) is 9.42. The molecular weight excluding hydrogens is 224 g/mol. The van der Waals surface area contributed by atoms with E-state index in [9.17, 15) is 0 Å². The molecule has 0 aliphatic rings. The minimum absolute atomic E-state index is 0.588. The van der Waals surface area contributed by atoms with Gasteiger partial charge in [-0.1, -0.05) is 18.2 Å². The standard InChI is InChI=1S/C14H14N4/c15-6-5-11-8-16-9-14(17-11)13-7-10-3-1-2-4-12(10)18-13/h1-4,7-9,18H,5-6,15H2. The van der Waals surface area contributed by atoms with Crippen molar-refractivity contribution in [2.24, 2.45) is 5.73 Å². The van der Waals surface area contributed by atoms with Crippen LogP contribution in [0.25, 0.3) is 22.3 Å². The average molecular weight is 238 g/mol. The van der Waals surface area contributed by atoms with E-state index in [1.54, 1.807) is 12.4 Å². The molecule has 90 valence electrons. The number of benzene rings is 1. The van der Waals surface area contributed by atoms with Crippen LogP contribution in [0, 0.1) is 0 Å². The van der Waals surface area contributed by atoms with Gasteiger partial charge in [0.15, 0.2) is 0 Å². The molecule has 0 saturated heterocycles. The van der Waals surface area contributed by atoms with E-state index in [4.69, 9.17) is 5.73 Å². The Morgan fingerprint density at radius 2 is 2.06 bits per heavy atom. The lowest BCUT2D eigenvalue weighted by atomic mass is 10.2. The zero-order valence-electron chi connectivity index (χ0n) is 9.93. The van der Waals surface area contributed by atoms with Crippen LogP contribution in [0.2, 0.25) is 0 Å². The highest BCUT2D eigenvalue weighted by Crippen LogP contribution is 2.22. The number of hydrogen-bond donors (Lipinski definition) is 2. The van der Waals surface area contributed by atoms with Gasteiger partial charge in [0.1, 0.15) is 5.69 Å². The Morgan fingerprint density at radius 3 is 2.89 bits per heavy atom. The van der Waals surface area contributed by atoms with Gasteiger partial charge < -0.3 is 10.7 Å². The van der Waals surface area contributed by atoms with E-state index in [1.165, 1.54) is 5.39 Å². The van der Waals surface area contributed by atoms with Crippen LogP contribution in [0.4, 0.5) is 0 Å². The van der Waals surface area contributed by atoms with Crippen molar-refractivity contribution < 1.29 is 0 Å². The highest BCUT2D eigenvalue weighted by molar-refractivity contribution is 5.84. The molecule has 4 heteroatoms. The third-order valence-corrected chi connectivity index (χ3v) is 2.89. The molecule has 0 aliphatic carbocycles. The van der Waals surface area contributed by atoms with Gasteiger partial charge in [-0.15, -0.1) is 0 Å². The minimum atomic E-state index is 0.588. The second kappa shape index (κ2) is 4.58. The summed E-state index contributed by atoms with van der Waals surface area (Å²) in [5, 5.41) is 1.18. The maximum atomic E-state index is 5.53. The van der Waals surface area contributed by atoms with Gasteiger partial charge in [0.05, 0.1) is 17.6 Å². The minimum Gasteiger partial charge on any atom is -0.353 e. The summed E-state index contributed by atoms with van der Waals surface area (Å²) < 4.78 is 0. The van der Waals surface area contributed by atoms with Crippen LogP contribution in [0.15, 0.2) is 42.7 Å². The van der Waals surface area contributed by atoms with Gasteiger partial charge in [0.25, 0.3) is 0 Å². The lowest BCUT2D eigenvalue weighted by Crippen LogP contribution is -2.05. The highest BCUT2D eigenvalue weighted by atomic mass is 14.8. The Balaban J connectivity index is 2.05. The first kappa shape index (κ1) is 10.9. The number of nitrogens with zero attached hydrogens (tertiary/aromatic N) is 2. The molecule has 3 aromatic rings. The number of fused-ring (bicyclic) bond motifs is 1. The monoisotopic (exact) mass is 238 g/mol. The Labute approximate surface area is 105 Å². The maximum absolute atomic E-state index is 5.53. The fourth-order valence-corrected chi connectivity index (χ4v) is 2.02. The predicted octanol–water partition coefficient (Wildman–Crippen LogP) is 2.13. The Kier molecular flexibility index (Phi) is 2.78. The summed E-state index contributed by atoms with van der Waals surface area (Å²) in [6, 6.07) is 10.3. The molecule has 0 saturated carbocycles. The Morgan fingerprint density at radius 1 is 1.17 bits per heavy atom. The van der Waals surface area contributed by atoms with E-state index in [1.807, 2.05) is 12.1 Å². The van der Waals surface area contributed by atoms with Gasteiger partial charge in [-0.3, -0.25) is 4.98 Å². The first-order chi connectivity index (χ1) is 8.86. The number of rotatable bonds is 3. The van der Waals surface area contributed by atoms with Crippen LogP contribution in [-0.2, 0) is 6.42 Å². The van der Waals surface area contributed by atoms with Gasteiger partial charge in [-0.05, 0) is 18.7 Å². The fraction of sp³-hybridized carbons (Fsp3) is 0.143. The summed E-state index contributed by atoms with van der Waals surface area (Å²) in [5.74, 6) is 0. The smallest absolute Gasteiger partial charge is 0.105 e. The van der Waals surface area contributed by atoms with Crippen molar-refractivity contribution in [3.63, 3.8) is 0 Å². The van der Waals surface area contributed by atoms with Gasteiger partial charge >= 0.3 is 0 Å². The molecule has 4 nitrogen and oxygen atoms in total. The fourth-order valence-electron chi connectivity index (χ4n) is 2.02. The molecule has 3 rings (SSSR count). The molecular formula is C14H14N4. The molecule has 0 amide bonds. The van der Waals surface area contributed by atoms with Gasteiger partial charge in [0, 0.05) is 23.5 Å². The van der Waals surface area contributed by atoms with Gasteiger partial charge in [-0.2, -0.15) is 0 Å². The molecule has 18 heavy (non-hydrogen) atoms. The van der Waals surface area contributed by atoms with E-state index >= 15 is 0 Å². The van der Waals surface area contributed by atoms with Crippen LogP contribution < -0.4 is 5.73 Å². The zero-order chi connectivity index (χ0) is 12.4. The zero-order valence-corrected chi connectivity index (χ0v) is 9.93. The summed E-state index contributed by atoms with van der Waals surface area (Å²) in [7, 11) is 0. The predicted molar refractivity (Wildman–Crippen MR) is 72.1 cm³/mol. The molecule has 0 unspecified atom stereocenters. The summed E-state index contributed by atoms with van der Waals surface area (Å²) in [6.07, 6.45) is 4.28. The first-order valence-electron chi connectivity index (χ1n) is 5.96.